The quantitative estimate of drug-likeness (QED) is 0.258. The Kier molecular flexibility index (Phi) is 15.8. The summed E-state index contributed by atoms with van der Waals surface area (Å²) >= 11 is 0. The number of hydrogen-bond acceptors (Lipinski definition) is 4. The molecule has 2 aromatic rings. The van der Waals surface area contributed by atoms with E-state index in [1.165, 1.54) is 0 Å². The maximum Gasteiger partial charge on any atom is 0.416 e. The first-order valence-corrected chi connectivity index (χ1v) is 13.4. The summed E-state index contributed by atoms with van der Waals surface area (Å²) in [6.45, 7) is 20.8. The topological polar surface area (TPSA) is 84.6 Å². The molecule has 0 unspecified atom stereocenters. The molecule has 1 aliphatic carbocycles. The number of aliphatic imine (C=N–C) groups is 1. The Morgan fingerprint density at radius 1 is 1.00 bits per heavy atom. The van der Waals surface area contributed by atoms with E-state index in [9.17, 15) is 13.2 Å². The minimum Gasteiger partial charge on any atom is -0.508 e. The Labute approximate surface area is 233 Å². The number of hydrogen-bond donors (Lipinski definition) is 3. The molecule has 1 aliphatic rings. The van der Waals surface area contributed by atoms with Crippen LogP contribution in [0.1, 0.15) is 93.7 Å². The molecule has 0 atom stereocenters. The summed E-state index contributed by atoms with van der Waals surface area (Å²) in [6.07, 6.45) is 1.81. The van der Waals surface area contributed by atoms with Crippen LogP contribution in [0.5, 0.6) is 0 Å². The van der Waals surface area contributed by atoms with Gasteiger partial charge in [-0.05, 0) is 81.4 Å². The van der Waals surface area contributed by atoms with Gasteiger partial charge in [0.15, 0.2) is 0 Å². The van der Waals surface area contributed by atoms with Crippen LogP contribution in [0, 0.1) is 13.8 Å². The van der Waals surface area contributed by atoms with Crippen LogP contribution in [0.15, 0.2) is 60.1 Å². The number of nitrogens with two attached hydrogens (primary N) is 2. The van der Waals surface area contributed by atoms with Gasteiger partial charge in [0.2, 0.25) is 0 Å². The zero-order valence-corrected chi connectivity index (χ0v) is 24.6. The highest BCUT2D eigenvalue weighted by atomic mass is 19.4. The lowest BCUT2D eigenvalue weighted by atomic mass is 9.96. The van der Waals surface area contributed by atoms with Crippen molar-refractivity contribution in [3.63, 3.8) is 0 Å². The Hall–Kier alpha value is -3.32. The molecule has 7 heteroatoms. The number of aliphatic hydroxyl groups is 1. The second-order valence-electron chi connectivity index (χ2n) is 8.70. The lowest BCUT2D eigenvalue weighted by Gasteiger charge is -2.17. The highest BCUT2D eigenvalue weighted by molar-refractivity contribution is 6.00. The number of rotatable bonds is 5. The number of aliphatic hydroxyl groups excluding tert-OH is 1. The fraction of sp³-hybridized carbons (Fsp3) is 0.406. The van der Waals surface area contributed by atoms with E-state index >= 15 is 0 Å². The molecule has 0 fully saturated rings. The molecular weight excluding hydrogens is 499 g/mol. The van der Waals surface area contributed by atoms with Crippen molar-refractivity contribution in [1.29, 1.82) is 0 Å². The lowest BCUT2D eigenvalue weighted by molar-refractivity contribution is -0.137. The van der Waals surface area contributed by atoms with Crippen molar-refractivity contribution < 1.29 is 18.3 Å². The molecule has 2 aromatic carbocycles. The van der Waals surface area contributed by atoms with E-state index in [0.717, 1.165) is 65.8 Å². The third-order valence-electron chi connectivity index (χ3n) is 5.82. The maximum atomic E-state index is 13.1. The van der Waals surface area contributed by atoms with Crippen LogP contribution >= 0.6 is 0 Å². The molecule has 5 N–H and O–H groups in total. The van der Waals surface area contributed by atoms with Gasteiger partial charge >= 0.3 is 6.18 Å². The highest BCUT2D eigenvalue weighted by Crippen LogP contribution is 2.37. The summed E-state index contributed by atoms with van der Waals surface area (Å²) in [4.78, 5) is 4.56. The predicted molar refractivity (Wildman–Crippen MR) is 162 cm³/mol. The summed E-state index contributed by atoms with van der Waals surface area (Å²) in [5.41, 5.74) is 16.4. The SMILES string of the molecule is C=C(N)c1cc(C(F)(F)F)cc(CN)c1N=C(C)C1=CCCCC1.C=C(O)c1cc(C)ccc1C.CC.CC. The standard InChI is InChI=1S/C18H22F3N3.C10H12O.2C2H6/c1-11(23)16-9-15(18(19,20)21)8-14(10-22)17(16)24-12(2)13-6-4-3-5-7-13;1-7-4-5-8(2)10(6-7)9(3)11;2*1-2/h6,8-9H,1,3-5,7,10,22-23H2,2H3;4-6,11H,3H2,1-2H3;2*1-2H3. The van der Waals surface area contributed by atoms with Crippen LogP contribution < -0.4 is 11.5 Å². The van der Waals surface area contributed by atoms with Crippen molar-refractivity contribution in [3.05, 3.63) is 88.5 Å². The highest BCUT2D eigenvalue weighted by Gasteiger charge is 2.32. The summed E-state index contributed by atoms with van der Waals surface area (Å²) in [5.74, 6) is 0.145. The van der Waals surface area contributed by atoms with Gasteiger partial charge in [-0.1, -0.05) is 64.6 Å². The average molecular weight is 546 g/mol. The molecule has 0 spiro atoms. The third-order valence-corrected chi connectivity index (χ3v) is 5.82. The summed E-state index contributed by atoms with van der Waals surface area (Å²) in [6, 6.07) is 7.95. The van der Waals surface area contributed by atoms with E-state index in [1.807, 2.05) is 66.7 Å². The number of benzene rings is 2. The summed E-state index contributed by atoms with van der Waals surface area (Å²) < 4.78 is 39.2. The number of halogens is 3. The van der Waals surface area contributed by atoms with Crippen molar-refractivity contribution in [1.82, 2.24) is 0 Å². The molecule has 0 heterocycles. The monoisotopic (exact) mass is 545 g/mol. The lowest BCUT2D eigenvalue weighted by Crippen LogP contribution is -2.11. The van der Waals surface area contributed by atoms with Crippen molar-refractivity contribution in [2.75, 3.05) is 0 Å². The molecule has 0 saturated carbocycles. The smallest absolute Gasteiger partial charge is 0.416 e. The summed E-state index contributed by atoms with van der Waals surface area (Å²) in [5, 5.41) is 9.13. The van der Waals surface area contributed by atoms with Crippen LogP contribution in [0.4, 0.5) is 18.9 Å². The third kappa shape index (κ3) is 11.1. The Bertz CT molecular complexity index is 1160. The van der Waals surface area contributed by atoms with E-state index in [4.69, 9.17) is 16.6 Å². The van der Waals surface area contributed by atoms with Gasteiger partial charge in [0.1, 0.15) is 5.76 Å². The fourth-order valence-electron chi connectivity index (χ4n) is 3.84. The van der Waals surface area contributed by atoms with Crippen LogP contribution in [-0.2, 0) is 12.7 Å². The van der Waals surface area contributed by atoms with E-state index in [1.54, 1.807) is 0 Å². The zero-order chi connectivity index (χ0) is 30.3. The molecular formula is C32H46F3N3O. The van der Waals surface area contributed by atoms with Crippen LogP contribution in [0.25, 0.3) is 11.5 Å². The molecule has 3 rings (SSSR count). The maximum absolute atomic E-state index is 13.1. The second-order valence-corrected chi connectivity index (χ2v) is 8.70. The first-order valence-electron chi connectivity index (χ1n) is 13.4. The van der Waals surface area contributed by atoms with Crippen molar-refractivity contribution in [2.24, 2.45) is 16.5 Å². The van der Waals surface area contributed by atoms with Gasteiger partial charge in [-0.2, -0.15) is 13.2 Å². The number of nitrogens with zero attached hydrogens (tertiary/aromatic N) is 1. The van der Waals surface area contributed by atoms with Gasteiger partial charge in [-0.15, -0.1) is 0 Å². The van der Waals surface area contributed by atoms with Gasteiger partial charge in [0.05, 0.1) is 11.3 Å². The molecule has 0 saturated heterocycles. The van der Waals surface area contributed by atoms with Gasteiger partial charge < -0.3 is 16.6 Å². The van der Waals surface area contributed by atoms with Crippen LogP contribution in [-0.4, -0.2) is 10.8 Å². The van der Waals surface area contributed by atoms with Gasteiger partial charge in [-0.3, -0.25) is 4.99 Å². The molecule has 216 valence electrons. The second kappa shape index (κ2) is 17.3. The van der Waals surface area contributed by atoms with E-state index in [2.05, 4.69) is 24.2 Å². The molecule has 0 aromatic heterocycles. The minimum atomic E-state index is -4.47. The minimum absolute atomic E-state index is 0.0416. The number of allylic oxidation sites excluding steroid dienone is 2. The molecule has 39 heavy (non-hydrogen) atoms. The number of alkyl halides is 3. The summed E-state index contributed by atoms with van der Waals surface area (Å²) in [7, 11) is 0. The Morgan fingerprint density at radius 3 is 2.05 bits per heavy atom. The van der Waals surface area contributed by atoms with Crippen molar-refractivity contribution >= 4 is 22.9 Å². The molecule has 0 amide bonds. The van der Waals surface area contributed by atoms with E-state index in [0.29, 0.717) is 11.3 Å². The first-order chi connectivity index (χ1) is 18.3. The fourth-order valence-corrected chi connectivity index (χ4v) is 3.84. The molecule has 0 radical (unpaired) electrons. The van der Waals surface area contributed by atoms with Crippen molar-refractivity contribution in [2.45, 2.75) is 86.9 Å². The number of aryl methyl sites for hydroxylation is 2. The molecule has 0 bridgehead atoms. The van der Waals surface area contributed by atoms with Gasteiger partial charge in [0.25, 0.3) is 0 Å². The predicted octanol–water partition coefficient (Wildman–Crippen LogP) is 9.57. The van der Waals surface area contributed by atoms with Crippen LogP contribution in [0.3, 0.4) is 0 Å². The van der Waals surface area contributed by atoms with Gasteiger partial charge in [-0.25, -0.2) is 0 Å². The first kappa shape index (κ1) is 35.7. The Morgan fingerprint density at radius 2 is 1.62 bits per heavy atom. The van der Waals surface area contributed by atoms with E-state index in [-0.39, 0.29) is 23.6 Å². The molecule has 0 aliphatic heterocycles. The average Bonchev–Trinajstić information content (AvgIpc) is 2.92. The normalized spacial score (nSPS) is 12.9. The molecule has 4 nitrogen and oxygen atoms in total. The zero-order valence-electron chi connectivity index (χ0n) is 24.6. The largest absolute Gasteiger partial charge is 0.508 e. The van der Waals surface area contributed by atoms with E-state index < -0.39 is 11.7 Å². The van der Waals surface area contributed by atoms with Crippen molar-refractivity contribution in [3.8, 4) is 0 Å². The van der Waals surface area contributed by atoms with Gasteiger partial charge in [0, 0.05) is 29.1 Å². The Balaban J connectivity index is 0.000000803. The van der Waals surface area contributed by atoms with Crippen LogP contribution in [0.2, 0.25) is 0 Å².